The molecular weight excluding hydrogens is 226 g/mol. The van der Waals surface area contributed by atoms with Gasteiger partial charge in [0.15, 0.2) is 0 Å². The van der Waals surface area contributed by atoms with E-state index in [0.717, 1.165) is 24.5 Å². The molecule has 0 heterocycles. The zero-order chi connectivity index (χ0) is 12.8. The first-order valence-electron chi connectivity index (χ1n) is 6.95. The number of anilines is 1. The second-order valence-corrected chi connectivity index (χ2v) is 4.98. The van der Waals surface area contributed by atoms with Crippen molar-refractivity contribution in [2.75, 3.05) is 18.9 Å². The zero-order valence-electron chi connectivity index (χ0n) is 11.2. The molecule has 3 nitrogen and oxygen atoms in total. The minimum Gasteiger partial charge on any atom is -0.491 e. The Labute approximate surface area is 109 Å². The highest BCUT2D eigenvalue weighted by molar-refractivity contribution is 5.62. The van der Waals surface area contributed by atoms with Crippen molar-refractivity contribution in [3.63, 3.8) is 0 Å². The van der Waals surface area contributed by atoms with E-state index in [1.807, 2.05) is 18.2 Å². The van der Waals surface area contributed by atoms with E-state index in [1.165, 1.54) is 25.7 Å². The lowest BCUT2D eigenvalue weighted by atomic mass is 10.1. The fraction of sp³-hybridized carbons (Fsp3) is 0.600. The third-order valence-corrected chi connectivity index (χ3v) is 3.44. The Morgan fingerprint density at radius 2 is 1.83 bits per heavy atom. The van der Waals surface area contributed by atoms with Gasteiger partial charge in [-0.05, 0) is 37.3 Å². The molecule has 1 fully saturated rings. The van der Waals surface area contributed by atoms with Crippen molar-refractivity contribution in [2.45, 2.75) is 39.0 Å². The number of ether oxygens (including phenoxy) is 2. The maximum Gasteiger partial charge on any atom is 0.146 e. The van der Waals surface area contributed by atoms with E-state index in [1.54, 1.807) is 0 Å². The van der Waals surface area contributed by atoms with Crippen LogP contribution in [0.1, 0.15) is 39.0 Å². The van der Waals surface area contributed by atoms with Crippen LogP contribution in [-0.4, -0.2) is 13.2 Å². The first-order chi connectivity index (χ1) is 8.81. The normalized spacial score (nSPS) is 15.8. The molecule has 0 spiro atoms. The second-order valence-electron chi connectivity index (χ2n) is 4.98. The smallest absolute Gasteiger partial charge is 0.146 e. The van der Waals surface area contributed by atoms with Crippen molar-refractivity contribution in [2.24, 2.45) is 5.92 Å². The predicted molar refractivity (Wildman–Crippen MR) is 74.1 cm³/mol. The SMILES string of the molecule is CCCOc1cccc(OCC2CCCC2)c1N. The van der Waals surface area contributed by atoms with E-state index < -0.39 is 0 Å². The Bertz CT molecular complexity index is 373. The van der Waals surface area contributed by atoms with Crippen molar-refractivity contribution in [1.29, 1.82) is 0 Å². The molecule has 0 radical (unpaired) electrons. The summed E-state index contributed by atoms with van der Waals surface area (Å²) in [4.78, 5) is 0. The maximum atomic E-state index is 6.06. The van der Waals surface area contributed by atoms with Gasteiger partial charge >= 0.3 is 0 Å². The van der Waals surface area contributed by atoms with E-state index >= 15 is 0 Å². The fourth-order valence-electron chi connectivity index (χ4n) is 2.37. The minimum atomic E-state index is 0.629. The van der Waals surface area contributed by atoms with Crippen LogP contribution < -0.4 is 15.2 Å². The molecule has 1 saturated carbocycles. The van der Waals surface area contributed by atoms with Gasteiger partial charge in [-0.1, -0.05) is 25.8 Å². The Hall–Kier alpha value is -1.38. The van der Waals surface area contributed by atoms with Crippen molar-refractivity contribution in [1.82, 2.24) is 0 Å². The molecule has 2 N–H and O–H groups in total. The summed E-state index contributed by atoms with van der Waals surface area (Å²) in [6, 6.07) is 5.75. The molecule has 1 aromatic rings. The molecule has 100 valence electrons. The molecule has 3 heteroatoms. The first-order valence-corrected chi connectivity index (χ1v) is 6.95. The molecule has 0 aromatic heterocycles. The van der Waals surface area contributed by atoms with Crippen molar-refractivity contribution < 1.29 is 9.47 Å². The van der Waals surface area contributed by atoms with Crippen LogP contribution in [0.2, 0.25) is 0 Å². The molecule has 0 bridgehead atoms. The summed E-state index contributed by atoms with van der Waals surface area (Å²) in [5.41, 5.74) is 6.69. The van der Waals surface area contributed by atoms with Gasteiger partial charge in [0.05, 0.1) is 13.2 Å². The summed E-state index contributed by atoms with van der Waals surface area (Å²) < 4.78 is 11.4. The molecule has 0 amide bonds. The molecule has 0 unspecified atom stereocenters. The summed E-state index contributed by atoms with van der Waals surface area (Å²) in [6.45, 7) is 3.55. The number of nitrogens with two attached hydrogens (primary N) is 1. The largest absolute Gasteiger partial charge is 0.491 e. The van der Waals surface area contributed by atoms with Gasteiger partial charge in [-0.15, -0.1) is 0 Å². The first kappa shape index (κ1) is 13.1. The van der Waals surface area contributed by atoms with Gasteiger partial charge in [-0.3, -0.25) is 0 Å². The number of para-hydroxylation sites is 1. The van der Waals surface area contributed by atoms with Gasteiger partial charge in [0, 0.05) is 0 Å². The summed E-state index contributed by atoms with van der Waals surface area (Å²) in [5, 5.41) is 0. The molecule has 2 rings (SSSR count). The third kappa shape index (κ3) is 3.31. The Balaban J connectivity index is 1.94. The van der Waals surface area contributed by atoms with Gasteiger partial charge in [0.1, 0.15) is 17.2 Å². The third-order valence-electron chi connectivity index (χ3n) is 3.44. The van der Waals surface area contributed by atoms with Crippen molar-refractivity contribution in [3.8, 4) is 11.5 Å². The zero-order valence-corrected chi connectivity index (χ0v) is 11.2. The highest BCUT2D eigenvalue weighted by Gasteiger charge is 2.16. The fourth-order valence-corrected chi connectivity index (χ4v) is 2.37. The van der Waals surface area contributed by atoms with Crippen LogP contribution >= 0.6 is 0 Å². The van der Waals surface area contributed by atoms with E-state index in [9.17, 15) is 0 Å². The molecular formula is C15H23NO2. The molecule has 1 aromatic carbocycles. The van der Waals surface area contributed by atoms with Crippen LogP contribution in [0.3, 0.4) is 0 Å². The average Bonchev–Trinajstić information content (AvgIpc) is 2.89. The highest BCUT2D eigenvalue weighted by Crippen LogP contribution is 2.33. The number of nitrogen functional groups attached to an aromatic ring is 1. The van der Waals surface area contributed by atoms with Gasteiger partial charge in [-0.25, -0.2) is 0 Å². The highest BCUT2D eigenvalue weighted by atomic mass is 16.5. The summed E-state index contributed by atoms with van der Waals surface area (Å²) in [6.07, 6.45) is 6.22. The molecule has 0 aliphatic heterocycles. The molecule has 1 aliphatic rings. The van der Waals surface area contributed by atoms with Crippen LogP contribution in [0.5, 0.6) is 11.5 Å². The van der Waals surface area contributed by atoms with Crippen LogP contribution in [0.4, 0.5) is 5.69 Å². The molecule has 1 aliphatic carbocycles. The van der Waals surface area contributed by atoms with Crippen LogP contribution in [0.25, 0.3) is 0 Å². The van der Waals surface area contributed by atoms with E-state index in [4.69, 9.17) is 15.2 Å². The minimum absolute atomic E-state index is 0.629. The van der Waals surface area contributed by atoms with Crippen molar-refractivity contribution >= 4 is 5.69 Å². The number of benzene rings is 1. The summed E-state index contributed by atoms with van der Waals surface area (Å²) >= 11 is 0. The Morgan fingerprint density at radius 3 is 2.50 bits per heavy atom. The van der Waals surface area contributed by atoms with Gasteiger partial charge in [0.25, 0.3) is 0 Å². The van der Waals surface area contributed by atoms with Crippen LogP contribution in [0, 0.1) is 5.92 Å². The number of hydrogen-bond acceptors (Lipinski definition) is 3. The maximum absolute atomic E-state index is 6.06. The van der Waals surface area contributed by atoms with E-state index in [-0.39, 0.29) is 0 Å². The lowest BCUT2D eigenvalue weighted by molar-refractivity contribution is 0.251. The Morgan fingerprint density at radius 1 is 1.17 bits per heavy atom. The van der Waals surface area contributed by atoms with E-state index in [2.05, 4.69) is 6.92 Å². The number of hydrogen-bond donors (Lipinski definition) is 1. The second kappa shape index (κ2) is 6.53. The molecule has 18 heavy (non-hydrogen) atoms. The van der Waals surface area contributed by atoms with Crippen LogP contribution in [0.15, 0.2) is 18.2 Å². The topological polar surface area (TPSA) is 44.5 Å². The number of rotatable bonds is 6. The summed E-state index contributed by atoms with van der Waals surface area (Å²) in [7, 11) is 0. The molecule has 0 atom stereocenters. The lowest BCUT2D eigenvalue weighted by Crippen LogP contribution is -2.09. The van der Waals surface area contributed by atoms with E-state index in [0.29, 0.717) is 18.2 Å². The van der Waals surface area contributed by atoms with Crippen LogP contribution in [-0.2, 0) is 0 Å². The average molecular weight is 249 g/mol. The van der Waals surface area contributed by atoms with Crippen molar-refractivity contribution in [3.05, 3.63) is 18.2 Å². The standard InChI is InChI=1S/C15H23NO2/c1-2-10-17-13-8-5-9-14(15(13)16)18-11-12-6-3-4-7-12/h5,8-9,12H,2-4,6-7,10-11,16H2,1H3. The van der Waals surface area contributed by atoms with Gasteiger partial charge in [-0.2, -0.15) is 0 Å². The molecule has 0 saturated heterocycles. The van der Waals surface area contributed by atoms with Gasteiger partial charge in [0.2, 0.25) is 0 Å². The predicted octanol–water partition coefficient (Wildman–Crippen LogP) is 3.63. The lowest BCUT2D eigenvalue weighted by Gasteiger charge is -2.15. The van der Waals surface area contributed by atoms with Gasteiger partial charge < -0.3 is 15.2 Å². The monoisotopic (exact) mass is 249 g/mol. The Kier molecular flexibility index (Phi) is 4.73. The summed E-state index contributed by atoms with van der Waals surface area (Å²) in [5.74, 6) is 2.20. The quantitative estimate of drug-likeness (QED) is 0.783.